The van der Waals surface area contributed by atoms with E-state index in [-0.39, 0.29) is 5.91 Å². The van der Waals surface area contributed by atoms with Crippen LogP contribution in [0.2, 0.25) is 0 Å². The molecule has 2 N–H and O–H groups in total. The Bertz CT molecular complexity index is 232. The van der Waals surface area contributed by atoms with E-state index in [0.717, 1.165) is 6.41 Å². The van der Waals surface area contributed by atoms with Crippen LogP contribution in [-0.2, 0) is 9.59 Å². The average Bonchev–Trinajstić information content (AvgIpc) is 2.17. The number of amides is 2. The predicted molar refractivity (Wildman–Crippen MR) is 52.5 cm³/mol. The zero-order chi connectivity index (χ0) is 10.8. The molecule has 1 aliphatic rings. The molecule has 0 saturated carbocycles. The third-order valence-corrected chi connectivity index (χ3v) is 2.86. The zero-order valence-electron chi connectivity index (χ0n) is 8.69. The molecule has 0 aromatic rings. The van der Waals surface area contributed by atoms with Crippen LogP contribution in [0.5, 0.6) is 0 Å². The summed E-state index contributed by atoms with van der Waals surface area (Å²) in [7, 11) is 0. The first-order valence-electron chi connectivity index (χ1n) is 4.73. The highest BCUT2D eigenvalue weighted by Crippen LogP contribution is 2.15. The first-order chi connectivity index (χ1) is 6.48. The van der Waals surface area contributed by atoms with E-state index in [1.54, 1.807) is 4.90 Å². The summed E-state index contributed by atoms with van der Waals surface area (Å²) in [6, 6.07) is 0. The van der Waals surface area contributed by atoms with Gasteiger partial charge in [0.05, 0.1) is 5.54 Å². The summed E-state index contributed by atoms with van der Waals surface area (Å²) in [4.78, 5) is 25.3. The number of hydrogen-bond donors (Lipinski definition) is 1. The van der Waals surface area contributed by atoms with Gasteiger partial charge in [-0.05, 0) is 13.8 Å². The average molecular weight is 199 g/mol. The van der Waals surface area contributed by atoms with Crippen molar-refractivity contribution in [1.29, 1.82) is 0 Å². The summed E-state index contributed by atoms with van der Waals surface area (Å²) in [5.74, 6) is -0.322. The Hall–Kier alpha value is -1.10. The van der Waals surface area contributed by atoms with Crippen LogP contribution in [-0.4, -0.2) is 53.8 Å². The fourth-order valence-electron chi connectivity index (χ4n) is 1.54. The molecule has 0 atom stereocenters. The minimum atomic E-state index is -0.616. The fraction of sp³-hybridized carbons (Fsp3) is 0.778. The van der Waals surface area contributed by atoms with Gasteiger partial charge < -0.3 is 10.6 Å². The summed E-state index contributed by atoms with van der Waals surface area (Å²) < 4.78 is 0. The van der Waals surface area contributed by atoms with Gasteiger partial charge in [-0.25, -0.2) is 0 Å². The largest absolute Gasteiger partial charge is 0.368 e. The van der Waals surface area contributed by atoms with Crippen molar-refractivity contribution in [1.82, 2.24) is 9.80 Å². The number of primary amides is 1. The summed E-state index contributed by atoms with van der Waals surface area (Å²) >= 11 is 0. The fourth-order valence-corrected chi connectivity index (χ4v) is 1.54. The van der Waals surface area contributed by atoms with Gasteiger partial charge in [-0.3, -0.25) is 14.5 Å². The van der Waals surface area contributed by atoms with Gasteiger partial charge in [0.15, 0.2) is 0 Å². The van der Waals surface area contributed by atoms with Crippen LogP contribution in [0.4, 0.5) is 0 Å². The number of piperazine rings is 1. The monoisotopic (exact) mass is 199 g/mol. The molecular weight excluding hydrogens is 182 g/mol. The van der Waals surface area contributed by atoms with Crippen LogP contribution in [0, 0.1) is 0 Å². The van der Waals surface area contributed by atoms with Crippen molar-refractivity contribution in [2.75, 3.05) is 26.2 Å². The number of carbonyl (C=O) groups is 2. The van der Waals surface area contributed by atoms with Crippen molar-refractivity contribution in [2.45, 2.75) is 19.4 Å². The molecular formula is C9H17N3O2. The molecule has 5 nitrogen and oxygen atoms in total. The van der Waals surface area contributed by atoms with Gasteiger partial charge in [-0.2, -0.15) is 0 Å². The second kappa shape index (κ2) is 3.96. The second-order valence-electron chi connectivity index (χ2n) is 4.05. The van der Waals surface area contributed by atoms with Crippen LogP contribution in [0.1, 0.15) is 13.8 Å². The highest BCUT2D eigenvalue weighted by Gasteiger charge is 2.34. The van der Waals surface area contributed by atoms with Crippen LogP contribution in [0.3, 0.4) is 0 Å². The molecule has 0 spiro atoms. The highest BCUT2D eigenvalue weighted by molar-refractivity contribution is 5.83. The standard InChI is InChI=1S/C9H17N3O2/c1-9(2,8(10)14)12-5-3-11(7-13)4-6-12/h7H,3-6H2,1-2H3,(H2,10,14). The number of rotatable bonds is 3. The number of carbonyl (C=O) groups excluding carboxylic acids is 2. The molecule has 0 aliphatic carbocycles. The maximum Gasteiger partial charge on any atom is 0.237 e. The van der Waals surface area contributed by atoms with E-state index in [4.69, 9.17) is 5.73 Å². The predicted octanol–water partition coefficient (Wildman–Crippen LogP) is -0.976. The third-order valence-electron chi connectivity index (χ3n) is 2.86. The van der Waals surface area contributed by atoms with E-state index in [2.05, 4.69) is 0 Å². The molecule has 14 heavy (non-hydrogen) atoms. The lowest BCUT2D eigenvalue weighted by molar-refractivity contribution is -0.130. The quantitative estimate of drug-likeness (QED) is 0.594. The Morgan fingerprint density at radius 3 is 2.14 bits per heavy atom. The Morgan fingerprint density at radius 1 is 1.29 bits per heavy atom. The highest BCUT2D eigenvalue weighted by atomic mass is 16.2. The number of nitrogens with two attached hydrogens (primary N) is 1. The van der Waals surface area contributed by atoms with Gasteiger partial charge >= 0.3 is 0 Å². The maximum absolute atomic E-state index is 11.2. The van der Waals surface area contributed by atoms with Gasteiger partial charge in [-0.1, -0.05) is 0 Å². The molecule has 0 aromatic carbocycles. The Morgan fingerprint density at radius 2 is 1.79 bits per heavy atom. The normalized spacial score (nSPS) is 19.4. The molecule has 0 radical (unpaired) electrons. The van der Waals surface area contributed by atoms with Crippen molar-refractivity contribution >= 4 is 12.3 Å². The van der Waals surface area contributed by atoms with Crippen molar-refractivity contribution in [2.24, 2.45) is 5.73 Å². The molecule has 1 fully saturated rings. The molecule has 5 heteroatoms. The number of hydrogen-bond acceptors (Lipinski definition) is 3. The van der Waals surface area contributed by atoms with E-state index in [1.165, 1.54) is 0 Å². The Labute approximate surface area is 83.8 Å². The molecule has 1 heterocycles. The minimum Gasteiger partial charge on any atom is -0.368 e. The first kappa shape index (κ1) is 11.0. The van der Waals surface area contributed by atoms with Crippen LogP contribution < -0.4 is 5.73 Å². The smallest absolute Gasteiger partial charge is 0.237 e. The van der Waals surface area contributed by atoms with Crippen molar-refractivity contribution in [3.63, 3.8) is 0 Å². The molecule has 1 saturated heterocycles. The minimum absolute atomic E-state index is 0.322. The number of nitrogens with zero attached hydrogens (tertiary/aromatic N) is 2. The van der Waals surface area contributed by atoms with Gasteiger partial charge in [0, 0.05) is 26.2 Å². The maximum atomic E-state index is 11.2. The summed E-state index contributed by atoms with van der Waals surface area (Å²) in [5, 5.41) is 0. The topological polar surface area (TPSA) is 66.6 Å². The molecule has 80 valence electrons. The van der Waals surface area contributed by atoms with Gasteiger partial charge in [-0.15, -0.1) is 0 Å². The van der Waals surface area contributed by atoms with E-state index in [0.29, 0.717) is 26.2 Å². The van der Waals surface area contributed by atoms with Crippen molar-refractivity contribution < 1.29 is 9.59 Å². The van der Waals surface area contributed by atoms with Gasteiger partial charge in [0.25, 0.3) is 0 Å². The zero-order valence-corrected chi connectivity index (χ0v) is 8.69. The second-order valence-corrected chi connectivity index (χ2v) is 4.05. The molecule has 2 amide bonds. The van der Waals surface area contributed by atoms with Gasteiger partial charge in [0.1, 0.15) is 0 Å². The van der Waals surface area contributed by atoms with E-state index in [1.807, 2.05) is 18.7 Å². The van der Waals surface area contributed by atoms with Crippen molar-refractivity contribution in [3.05, 3.63) is 0 Å². The van der Waals surface area contributed by atoms with Crippen LogP contribution >= 0.6 is 0 Å². The lowest BCUT2D eigenvalue weighted by Crippen LogP contribution is -2.59. The first-order valence-corrected chi connectivity index (χ1v) is 4.73. The lowest BCUT2D eigenvalue weighted by Gasteiger charge is -2.41. The molecule has 0 bridgehead atoms. The third kappa shape index (κ3) is 2.04. The van der Waals surface area contributed by atoms with E-state index >= 15 is 0 Å². The van der Waals surface area contributed by atoms with E-state index < -0.39 is 5.54 Å². The summed E-state index contributed by atoms with van der Waals surface area (Å²) in [5.41, 5.74) is 4.69. The Balaban J connectivity index is 2.57. The molecule has 0 aromatic heterocycles. The van der Waals surface area contributed by atoms with E-state index in [9.17, 15) is 9.59 Å². The van der Waals surface area contributed by atoms with Crippen molar-refractivity contribution in [3.8, 4) is 0 Å². The van der Waals surface area contributed by atoms with Gasteiger partial charge in [0.2, 0.25) is 12.3 Å². The van der Waals surface area contributed by atoms with Crippen LogP contribution in [0.25, 0.3) is 0 Å². The van der Waals surface area contributed by atoms with Crippen LogP contribution in [0.15, 0.2) is 0 Å². The summed E-state index contributed by atoms with van der Waals surface area (Å²) in [6.07, 6.45) is 0.842. The SMILES string of the molecule is CC(C)(C(N)=O)N1CCN(C=O)CC1. The summed E-state index contributed by atoms with van der Waals surface area (Å²) in [6.45, 7) is 6.36. The molecule has 1 aliphatic heterocycles. The molecule has 1 rings (SSSR count). The molecule has 0 unspecified atom stereocenters. The Kier molecular flexibility index (Phi) is 3.10. The lowest BCUT2D eigenvalue weighted by atomic mass is 10.0.